The van der Waals surface area contributed by atoms with Gasteiger partial charge in [-0.2, -0.15) is 0 Å². The summed E-state index contributed by atoms with van der Waals surface area (Å²) in [5.41, 5.74) is 4.42. The topological polar surface area (TPSA) is 72.6 Å². The number of methoxy groups -OCH3 is 1. The van der Waals surface area contributed by atoms with E-state index < -0.39 is 0 Å². The van der Waals surface area contributed by atoms with Crippen LogP contribution >= 0.6 is 0 Å². The Morgan fingerprint density at radius 2 is 1.88 bits per heavy atom. The fourth-order valence-corrected chi connectivity index (χ4v) is 4.28. The number of para-hydroxylation sites is 1. The minimum atomic E-state index is 0.0153. The van der Waals surface area contributed by atoms with E-state index in [1.165, 1.54) is 0 Å². The summed E-state index contributed by atoms with van der Waals surface area (Å²) in [6.45, 7) is 0.758. The van der Waals surface area contributed by atoms with Crippen LogP contribution in [0.5, 0.6) is 17.2 Å². The predicted octanol–water partition coefficient (Wildman–Crippen LogP) is 4.79. The van der Waals surface area contributed by atoms with Crippen LogP contribution in [0.15, 0.2) is 72.9 Å². The standard InChI is InChI=1S/C27H26N2O4/c1-31-20-10-8-19(9-11-20)22(23-16-28-24-5-3-2-4-21(23)24)15-29-27(30)13-7-18-6-12-25-26(14-18)33-17-32-25/h2-6,8-12,14,16,22,28H,7,13,15,17H2,1H3,(H,29,30). The molecule has 2 N–H and O–H groups in total. The molecule has 0 spiro atoms. The fourth-order valence-electron chi connectivity index (χ4n) is 4.28. The van der Waals surface area contributed by atoms with E-state index in [-0.39, 0.29) is 18.6 Å². The van der Waals surface area contributed by atoms with Gasteiger partial charge in [-0.3, -0.25) is 4.79 Å². The number of ether oxygens (including phenoxy) is 3. The molecule has 6 nitrogen and oxygen atoms in total. The number of benzene rings is 3. The van der Waals surface area contributed by atoms with E-state index in [9.17, 15) is 4.79 Å². The summed E-state index contributed by atoms with van der Waals surface area (Å²) < 4.78 is 16.1. The lowest BCUT2D eigenvalue weighted by Gasteiger charge is -2.19. The van der Waals surface area contributed by atoms with Crippen molar-refractivity contribution in [1.29, 1.82) is 0 Å². The highest BCUT2D eigenvalue weighted by Crippen LogP contribution is 2.33. The number of carbonyl (C=O) groups excluding carboxylic acids is 1. The van der Waals surface area contributed by atoms with Gasteiger partial charge in [-0.1, -0.05) is 36.4 Å². The molecule has 1 aliphatic rings. The average molecular weight is 443 g/mol. The smallest absolute Gasteiger partial charge is 0.231 e. The second kappa shape index (κ2) is 9.28. The zero-order chi connectivity index (χ0) is 22.6. The van der Waals surface area contributed by atoms with Crippen LogP contribution in [0.1, 0.15) is 29.0 Å². The third kappa shape index (κ3) is 4.51. The number of hydrogen-bond donors (Lipinski definition) is 2. The first-order chi connectivity index (χ1) is 16.2. The summed E-state index contributed by atoms with van der Waals surface area (Å²) in [4.78, 5) is 16.1. The number of carbonyl (C=O) groups is 1. The van der Waals surface area contributed by atoms with E-state index in [0.717, 1.165) is 44.8 Å². The van der Waals surface area contributed by atoms with Crippen molar-refractivity contribution in [2.24, 2.45) is 0 Å². The molecule has 0 fully saturated rings. The predicted molar refractivity (Wildman–Crippen MR) is 127 cm³/mol. The summed E-state index contributed by atoms with van der Waals surface area (Å²) in [6, 6.07) is 22.1. The Labute approximate surface area is 192 Å². The van der Waals surface area contributed by atoms with Crippen molar-refractivity contribution in [2.75, 3.05) is 20.4 Å². The van der Waals surface area contributed by atoms with Crippen LogP contribution in [0.3, 0.4) is 0 Å². The van der Waals surface area contributed by atoms with Crippen molar-refractivity contribution < 1.29 is 19.0 Å². The van der Waals surface area contributed by atoms with Gasteiger partial charge in [-0.05, 0) is 53.4 Å². The van der Waals surface area contributed by atoms with E-state index in [0.29, 0.717) is 19.4 Å². The zero-order valence-corrected chi connectivity index (χ0v) is 18.5. The Morgan fingerprint density at radius 1 is 1.06 bits per heavy atom. The first-order valence-corrected chi connectivity index (χ1v) is 11.1. The Balaban J connectivity index is 1.30. The van der Waals surface area contributed by atoms with Gasteiger partial charge in [0, 0.05) is 36.0 Å². The number of aryl methyl sites for hydroxylation is 1. The maximum absolute atomic E-state index is 12.7. The lowest BCUT2D eigenvalue weighted by molar-refractivity contribution is -0.121. The molecule has 0 saturated heterocycles. The van der Waals surface area contributed by atoms with Gasteiger partial charge in [-0.15, -0.1) is 0 Å². The quantitative estimate of drug-likeness (QED) is 0.412. The Bertz CT molecular complexity index is 1260. The van der Waals surface area contributed by atoms with Crippen molar-refractivity contribution >= 4 is 16.8 Å². The van der Waals surface area contributed by atoms with Crippen LogP contribution in [-0.2, 0) is 11.2 Å². The van der Waals surface area contributed by atoms with Gasteiger partial charge in [0.15, 0.2) is 11.5 Å². The number of nitrogens with one attached hydrogen (secondary N) is 2. The zero-order valence-electron chi connectivity index (χ0n) is 18.5. The molecule has 4 aromatic rings. The number of hydrogen-bond acceptors (Lipinski definition) is 4. The van der Waals surface area contributed by atoms with Crippen molar-refractivity contribution in [1.82, 2.24) is 10.3 Å². The number of aromatic nitrogens is 1. The lowest BCUT2D eigenvalue weighted by Crippen LogP contribution is -2.29. The van der Waals surface area contributed by atoms with E-state index in [1.54, 1.807) is 7.11 Å². The van der Waals surface area contributed by atoms with Crippen molar-refractivity contribution in [2.45, 2.75) is 18.8 Å². The van der Waals surface area contributed by atoms with Crippen LogP contribution in [0.4, 0.5) is 0 Å². The third-order valence-corrected chi connectivity index (χ3v) is 6.10. The van der Waals surface area contributed by atoms with Gasteiger partial charge in [0.2, 0.25) is 12.7 Å². The summed E-state index contributed by atoms with van der Waals surface area (Å²) in [7, 11) is 1.66. The SMILES string of the molecule is COc1ccc(C(CNC(=O)CCc2ccc3c(c2)OCO3)c2c[nH]c3ccccc23)cc1. The molecule has 2 heterocycles. The van der Waals surface area contributed by atoms with Crippen LogP contribution in [0.2, 0.25) is 0 Å². The number of fused-ring (bicyclic) bond motifs is 2. The molecule has 33 heavy (non-hydrogen) atoms. The Kier molecular flexibility index (Phi) is 5.89. The molecule has 0 radical (unpaired) electrons. The van der Waals surface area contributed by atoms with Gasteiger partial charge in [0.05, 0.1) is 7.11 Å². The number of aromatic amines is 1. The van der Waals surface area contributed by atoms with E-state index in [4.69, 9.17) is 14.2 Å². The Hall–Kier alpha value is -3.93. The van der Waals surface area contributed by atoms with Gasteiger partial charge < -0.3 is 24.5 Å². The number of rotatable bonds is 8. The van der Waals surface area contributed by atoms with Gasteiger partial charge in [0.25, 0.3) is 0 Å². The molecule has 0 aliphatic carbocycles. The van der Waals surface area contributed by atoms with Crippen molar-refractivity contribution in [3.63, 3.8) is 0 Å². The second-order valence-electron chi connectivity index (χ2n) is 8.11. The summed E-state index contributed by atoms with van der Waals surface area (Å²) in [5, 5.41) is 4.31. The van der Waals surface area contributed by atoms with E-state index in [2.05, 4.69) is 34.6 Å². The van der Waals surface area contributed by atoms with Crippen molar-refractivity contribution in [3.8, 4) is 17.2 Å². The normalized spacial score (nSPS) is 13.1. The minimum absolute atomic E-state index is 0.0153. The molecule has 1 aliphatic heterocycles. The summed E-state index contributed by atoms with van der Waals surface area (Å²) >= 11 is 0. The van der Waals surface area contributed by atoms with Gasteiger partial charge in [0.1, 0.15) is 5.75 Å². The molecule has 0 bridgehead atoms. The molecular weight excluding hydrogens is 416 g/mol. The molecule has 6 heteroatoms. The molecular formula is C27H26N2O4. The molecule has 1 atom stereocenters. The number of H-pyrrole nitrogens is 1. The highest BCUT2D eigenvalue weighted by Gasteiger charge is 2.20. The lowest BCUT2D eigenvalue weighted by atomic mass is 9.90. The van der Waals surface area contributed by atoms with Crippen LogP contribution in [0, 0.1) is 0 Å². The Morgan fingerprint density at radius 3 is 2.73 bits per heavy atom. The minimum Gasteiger partial charge on any atom is -0.497 e. The number of amides is 1. The largest absolute Gasteiger partial charge is 0.497 e. The monoisotopic (exact) mass is 442 g/mol. The first kappa shape index (κ1) is 20.9. The summed E-state index contributed by atoms with van der Waals surface area (Å²) in [6.07, 6.45) is 3.09. The molecule has 0 saturated carbocycles. The van der Waals surface area contributed by atoms with Crippen molar-refractivity contribution in [3.05, 3.63) is 89.6 Å². The van der Waals surface area contributed by atoms with Crippen LogP contribution in [-0.4, -0.2) is 31.3 Å². The first-order valence-electron chi connectivity index (χ1n) is 11.1. The molecule has 5 rings (SSSR count). The third-order valence-electron chi connectivity index (χ3n) is 6.10. The molecule has 168 valence electrons. The molecule has 3 aromatic carbocycles. The fraction of sp³-hybridized carbons (Fsp3) is 0.222. The van der Waals surface area contributed by atoms with Gasteiger partial charge in [-0.25, -0.2) is 0 Å². The van der Waals surface area contributed by atoms with Crippen LogP contribution in [0.25, 0.3) is 10.9 Å². The highest BCUT2D eigenvalue weighted by molar-refractivity contribution is 5.84. The highest BCUT2D eigenvalue weighted by atomic mass is 16.7. The second-order valence-corrected chi connectivity index (χ2v) is 8.11. The molecule has 1 aromatic heterocycles. The maximum Gasteiger partial charge on any atom is 0.231 e. The van der Waals surface area contributed by atoms with Crippen LogP contribution < -0.4 is 19.5 Å². The summed E-state index contributed by atoms with van der Waals surface area (Å²) in [5.74, 6) is 2.34. The molecule has 1 unspecified atom stereocenters. The molecule has 1 amide bonds. The van der Waals surface area contributed by atoms with E-state index >= 15 is 0 Å². The maximum atomic E-state index is 12.7. The van der Waals surface area contributed by atoms with Gasteiger partial charge >= 0.3 is 0 Å². The average Bonchev–Trinajstić information content (AvgIpc) is 3.50. The van der Waals surface area contributed by atoms with E-state index in [1.807, 2.05) is 48.7 Å².